The Hall–Kier alpha value is -3.27. The van der Waals surface area contributed by atoms with Crippen LogP contribution in [0.25, 0.3) is 11.0 Å². The van der Waals surface area contributed by atoms with Gasteiger partial charge in [0.1, 0.15) is 23.9 Å². The van der Waals surface area contributed by atoms with E-state index in [1.807, 2.05) is 18.2 Å². The van der Waals surface area contributed by atoms with E-state index in [1.165, 1.54) is 11.1 Å². The van der Waals surface area contributed by atoms with E-state index in [1.54, 1.807) is 0 Å². The molecule has 4 rings (SSSR count). The third kappa shape index (κ3) is 5.95. The van der Waals surface area contributed by atoms with Crippen molar-refractivity contribution in [2.75, 3.05) is 6.61 Å². The summed E-state index contributed by atoms with van der Waals surface area (Å²) in [7, 11) is 0. The largest absolute Gasteiger partial charge is 0.494 e. The van der Waals surface area contributed by atoms with Crippen LogP contribution in [0, 0.1) is 6.92 Å². The molecular weight excluding hydrogens is 408 g/mol. The minimum atomic E-state index is 0.160. The van der Waals surface area contributed by atoms with Gasteiger partial charge < -0.3 is 14.0 Å². The summed E-state index contributed by atoms with van der Waals surface area (Å²) in [5.74, 6) is 2.76. The molecule has 0 aliphatic rings. The van der Waals surface area contributed by atoms with Crippen LogP contribution in [0.4, 0.5) is 0 Å². The predicted octanol–water partition coefficient (Wildman–Crippen LogP) is 7.08. The van der Waals surface area contributed by atoms with Crippen LogP contribution in [-0.2, 0) is 18.6 Å². The monoisotopic (exact) mass is 442 g/mol. The molecule has 1 aromatic heterocycles. The van der Waals surface area contributed by atoms with Crippen molar-refractivity contribution >= 4 is 11.0 Å². The van der Waals surface area contributed by atoms with Crippen LogP contribution >= 0.6 is 0 Å². The number of ether oxygens (including phenoxy) is 2. The molecule has 33 heavy (non-hydrogen) atoms. The van der Waals surface area contributed by atoms with Crippen molar-refractivity contribution in [2.24, 2.45) is 0 Å². The highest BCUT2D eigenvalue weighted by Crippen LogP contribution is 2.24. The van der Waals surface area contributed by atoms with E-state index in [-0.39, 0.29) is 5.41 Å². The summed E-state index contributed by atoms with van der Waals surface area (Å²) in [4.78, 5) is 4.83. The molecule has 0 spiro atoms. The lowest BCUT2D eigenvalue weighted by molar-refractivity contribution is 0.285. The minimum Gasteiger partial charge on any atom is -0.494 e. The summed E-state index contributed by atoms with van der Waals surface area (Å²) in [5.41, 5.74) is 4.83. The van der Waals surface area contributed by atoms with Crippen molar-refractivity contribution < 1.29 is 9.47 Å². The molecule has 0 unspecified atom stereocenters. The standard InChI is InChI=1S/C29H34N2O2/c1-22-10-9-11-25(20-22)33-21-28-30-26-12-5-6-13-27(26)31(28)18-7-8-19-32-24-16-14-23(15-17-24)29(2,3)4/h5-6,9-17,20H,7-8,18-19,21H2,1-4H3. The number of imidazole rings is 1. The van der Waals surface area contributed by atoms with Crippen LogP contribution in [0.3, 0.4) is 0 Å². The van der Waals surface area contributed by atoms with Crippen LogP contribution in [0.1, 0.15) is 50.6 Å². The normalized spacial score (nSPS) is 11.6. The first-order valence-electron chi connectivity index (χ1n) is 11.8. The van der Waals surface area contributed by atoms with Gasteiger partial charge in [-0.3, -0.25) is 0 Å². The first-order valence-corrected chi connectivity index (χ1v) is 11.8. The lowest BCUT2D eigenvalue weighted by atomic mass is 9.87. The Balaban J connectivity index is 1.34. The Kier molecular flexibility index (Phi) is 7.02. The van der Waals surface area contributed by atoms with Crippen LogP contribution in [0.5, 0.6) is 11.5 Å². The van der Waals surface area contributed by atoms with Crippen molar-refractivity contribution in [1.29, 1.82) is 0 Å². The fraction of sp³-hybridized carbons (Fsp3) is 0.345. The van der Waals surface area contributed by atoms with E-state index in [2.05, 4.69) is 86.9 Å². The molecular formula is C29H34N2O2. The number of nitrogens with zero attached hydrogens (tertiary/aromatic N) is 2. The number of aryl methyl sites for hydroxylation is 2. The second-order valence-corrected chi connectivity index (χ2v) is 9.60. The fourth-order valence-electron chi connectivity index (χ4n) is 3.95. The first-order chi connectivity index (χ1) is 15.9. The summed E-state index contributed by atoms with van der Waals surface area (Å²) in [6, 6.07) is 24.9. The van der Waals surface area contributed by atoms with Crippen LogP contribution in [0.15, 0.2) is 72.8 Å². The van der Waals surface area contributed by atoms with Gasteiger partial charge >= 0.3 is 0 Å². The van der Waals surface area contributed by atoms with E-state index in [9.17, 15) is 0 Å². The van der Waals surface area contributed by atoms with Crippen molar-refractivity contribution in [2.45, 2.75) is 59.1 Å². The lowest BCUT2D eigenvalue weighted by Gasteiger charge is -2.19. The van der Waals surface area contributed by atoms with Gasteiger partial charge in [0.05, 0.1) is 17.6 Å². The predicted molar refractivity (Wildman–Crippen MR) is 135 cm³/mol. The number of unbranched alkanes of at least 4 members (excludes halogenated alkanes) is 1. The third-order valence-electron chi connectivity index (χ3n) is 5.86. The molecule has 0 aliphatic heterocycles. The number of para-hydroxylation sites is 2. The summed E-state index contributed by atoms with van der Waals surface area (Å²) >= 11 is 0. The molecule has 172 valence electrons. The molecule has 4 heteroatoms. The molecule has 0 amide bonds. The number of rotatable bonds is 9. The van der Waals surface area contributed by atoms with Crippen LogP contribution in [0.2, 0.25) is 0 Å². The molecule has 3 aromatic carbocycles. The number of fused-ring (bicyclic) bond motifs is 1. The molecule has 0 aliphatic carbocycles. The van der Waals surface area contributed by atoms with Crippen molar-refractivity contribution in [3.63, 3.8) is 0 Å². The topological polar surface area (TPSA) is 36.3 Å². The Morgan fingerprint density at radius 3 is 2.36 bits per heavy atom. The van der Waals surface area contributed by atoms with E-state index >= 15 is 0 Å². The third-order valence-corrected chi connectivity index (χ3v) is 5.86. The van der Waals surface area contributed by atoms with Crippen molar-refractivity contribution in [3.05, 3.63) is 89.7 Å². The van der Waals surface area contributed by atoms with Gasteiger partial charge in [-0.25, -0.2) is 4.98 Å². The molecule has 0 radical (unpaired) electrons. The zero-order chi connectivity index (χ0) is 23.3. The number of aromatic nitrogens is 2. The van der Waals surface area contributed by atoms with E-state index in [0.717, 1.165) is 47.7 Å². The second kappa shape index (κ2) is 10.1. The molecule has 0 saturated heterocycles. The molecule has 0 bridgehead atoms. The smallest absolute Gasteiger partial charge is 0.147 e. The van der Waals surface area contributed by atoms with Crippen molar-refractivity contribution in [1.82, 2.24) is 9.55 Å². The summed E-state index contributed by atoms with van der Waals surface area (Å²) in [6.45, 7) is 10.8. The van der Waals surface area contributed by atoms with Gasteiger partial charge in [0.15, 0.2) is 0 Å². The molecule has 1 heterocycles. The highest BCUT2D eigenvalue weighted by Gasteiger charge is 2.13. The van der Waals surface area contributed by atoms with E-state index in [4.69, 9.17) is 14.5 Å². The van der Waals surface area contributed by atoms with E-state index in [0.29, 0.717) is 13.2 Å². The molecule has 0 saturated carbocycles. The van der Waals surface area contributed by atoms with Gasteiger partial charge in [0.25, 0.3) is 0 Å². The Morgan fingerprint density at radius 2 is 1.61 bits per heavy atom. The number of hydrogen-bond donors (Lipinski definition) is 0. The maximum absolute atomic E-state index is 6.05. The average molecular weight is 443 g/mol. The van der Waals surface area contributed by atoms with Gasteiger partial charge in [-0.15, -0.1) is 0 Å². The average Bonchev–Trinajstić information content (AvgIpc) is 3.15. The Morgan fingerprint density at radius 1 is 0.818 bits per heavy atom. The molecule has 0 fully saturated rings. The maximum Gasteiger partial charge on any atom is 0.147 e. The highest BCUT2D eigenvalue weighted by molar-refractivity contribution is 5.75. The first kappa shape index (κ1) is 22.9. The fourth-order valence-corrected chi connectivity index (χ4v) is 3.95. The van der Waals surface area contributed by atoms with Gasteiger partial charge in [-0.05, 0) is 72.7 Å². The van der Waals surface area contributed by atoms with Crippen LogP contribution < -0.4 is 9.47 Å². The molecule has 0 N–H and O–H groups in total. The van der Waals surface area contributed by atoms with Gasteiger partial charge in [-0.1, -0.05) is 57.2 Å². The summed E-state index contributed by atoms with van der Waals surface area (Å²) < 4.78 is 14.3. The lowest BCUT2D eigenvalue weighted by Crippen LogP contribution is -2.10. The minimum absolute atomic E-state index is 0.160. The molecule has 4 nitrogen and oxygen atoms in total. The van der Waals surface area contributed by atoms with E-state index < -0.39 is 0 Å². The zero-order valence-electron chi connectivity index (χ0n) is 20.2. The maximum atomic E-state index is 6.05. The Bertz CT molecular complexity index is 1190. The highest BCUT2D eigenvalue weighted by atomic mass is 16.5. The number of hydrogen-bond acceptors (Lipinski definition) is 3. The number of benzene rings is 3. The molecule has 4 aromatic rings. The summed E-state index contributed by atoms with van der Waals surface area (Å²) in [5, 5.41) is 0. The van der Waals surface area contributed by atoms with Gasteiger partial charge in [-0.2, -0.15) is 0 Å². The zero-order valence-corrected chi connectivity index (χ0v) is 20.2. The van der Waals surface area contributed by atoms with Gasteiger partial charge in [0, 0.05) is 6.54 Å². The molecule has 0 atom stereocenters. The van der Waals surface area contributed by atoms with Gasteiger partial charge in [0.2, 0.25) is 0 Å². The SMILES string of the molecule is Cc1cccc(OCc2nc3ccccc3n2CCCCOc2ccc(C(C)(C)C)cc2)c1. The second-order valence-electron chi connectivity index (χ2n) is 9.60. The van der Waals surface area contributed by atoms with Crippen molar-refractivity contribution in [3.8, 4) is 11.5 Å². The summed E-state index contributed by atoms with van der Waals surface area (Å²) in [6.07, 6.45) is 1.99. The van der Waals surface area contributed by atoms with Crippen LogP contribution in [-0.4, -0.2) is 16.2 Å². The Labute approximate surface area is 197 Å². The quantitative estimate of drug-likeness (QED) is 0.260.